The van der Waals surface area contributed by atoms with Crippen LogP contribution in [0, 0.1) is 0 Å². The first-order valence-corrected chi connectivity index (χ1v) is 26.4. The van der Waals surface area contributed by atoms with Crippen LogP contribution in [0.15, 0.2) is 12.2 Å². The van der Waals surface area contributed by atoms with E-state index in [1.165, 1.54) is 161 Å². The second-order valence-corrected chi connectivity index (χ2v) is 19.7. The summed E-state index contributed by atoms with van der Waals surface area (Å²) in [7, 11) is 1.48. The van der Waals surface area contributed by atoms with Crippen molar-refractivity contribution in [2.24, 2.45) is 0 Å². The molecule has 2 atom stereocenters. The van der Waals surface area contributed by atoms with E-state index >= 15 is 0 Å². The first-order valence-electron chi connectivity index (χ1n) is 24.9. The predicted octanol–water partition coefficient (Wildman–Crippen LogP) is 14.5. The number of likely N-dealkylation sites (N-methyl/N-ethyl adjacent to an activating group) is 1. The maximum atomic E-state index is 12.7. The molecule has 1 N–H and O–H groups in total. The molecule has 0 aliphatic carbocycles. The lowest BCUT2D eigenvalue weighted by Crippen LogP contribution is -2.37. The molecule has 10 heteroatoms. The number of quaternary nitrogens is 1. The lowest BCUT2D eigenvalue weighted by atomic mass is 10.0. The Labute approximate surface area is 365 Å². The van der Waals surface area contributed by atoms with Crippen molar-refractivity contribution in [1.82, 2.24) is 0 Å². The third-order valence-electron chi connectivity index (χ3n) is 11.0. The van der Waals surface area contributed by atoms with Gasteiger partial charge in [-0.2, -0.15) is 0 Å². The van der Waals surface area contributed by atoms with Gasteiger partial charge in [0.25, 0.3) is 0 Å². The molecule has 0 aliphatic rings. The number of nitrogens with zero attached hydrogens (tertiary/aromatic N) is 1. The highest BCUT2D eigenvalue weighted by Gasteiger charge is 2.27. The molecular formula is C49H97NO8P+. The third kappa shape index (κ3) is 46.1. The average molecular weight is 859 g/mol. The summed E-state index contributed by atoms with van der Waals surface area (Å²) < 4.78 is 34.4. The number of hydrogen-bond donors (Lipinski definition) is 1. The zero-order valence-electron chi connectivity index (χ0n) is 39.5. The molecule has 0 saturated heterocycles. The summed E-state index contributed by atoms with van der Waals surface area (Å²) in [5, 5.41) is 0. The van der Waals surface area contributed by atoms with Gasteiger partial charge in [-0.25, -0.2) is 4.57 Å². The molecule has 59 heavy (non-hydrogen) atoms. The van der Waals surface area contributed by atoms with E-state index in [0.717, 1.165) is 44.9 Å². The van der Waals surface area contributed by atoms with Gasteiger partial charge in [0.15, 0.2) is 6.10 Å². The summed E-state index contributed by atoms with van der Waals surface area (Å²) in [6, 6.07) is 0. The molecule has 0 aliphatic heterocycles. The maximum absolute atomic E-state index is 12.7. The fourth-order valence-electron chi connectivity index (χ4n) is 7.13. The van der Waals surface area contributed by atoms with Crippen molar-refractivity contribution >= 4 is 19.8 Å². The highest BCUT2D eigenvalue weighted by atomic mass is 31.2. The molecule has 9 nitrogen and oxygen atoms in total. The monoisotopic (exact) mass is 859 g/mol. The number of phosphoric ester groups is 1. The van der Waals surface area contributed by atoms with E-state index in [0.29, 0.717) is 23.9 Å². The first-order chi connectivity index (χ1) is 28.5. The number of carbonyl (C=O) groups excluding carboxylic acids is 2. The topological polar surface area (TPSA) is 108 Å². The molecule has 0 rings (SSSR count). The van der Waals surface area contributed by atoms with Crippen LogP contribution in [0.2, 0.25) is 0 Å². The van der Waals surface area contributed by atoms with Crippen LogP contribution in [-0.2, 0) is 32.7 Å². The van der Waals surface area contributed by atoms with Crippen LogP contribution >= 0.6 is 7.82 Å². The van der Waals surface area contributed by atoms with Crippen LogP contribution < -0.4 is 0 Å². The average Bonchev–Trinajstić information content (AvgIpc) is 3.19. The molecule has 0 aromatic heterocycles. The summed E-state index contributed by atoms with van der Waals surface area (Å²) >= 11 is 0. The van der Waals surface area contributed by atoms with Gasteiger partial charge in [0.05, 0.1) is 27.7 Å². The Kier molecular flexibility index (Phi) is 41.2. The van der Waals surface area contributed by atoms with Crippen molar-refractivity contribution < 1.29 is 42.1 Å². The highest BCUT2D eigenvalue weighted by Crippen LogP contribution is 2.43. The van der Waals surface area contributed by atoms with Gasteiger partial charge < -0.3 is 18.9 Å². The van der Waals surface area contributed by atoms with Gasteiger partial charge in [-0.15, -0.1) is 0 Å². The minimum atomic E-state index is -4.37. The zero-order chi connectivity index (χ0) is 43.6. The van der Waals surface area contributed by atoms with Gasteiger partial charge >= 0.3 is 19.8 Å². The van der Waals surface area contributed by atoms with E-state index in [1.54, 1.807) is 0 Å². The van der Waals surface area contributed by atoms with E-state index in [4.69, 9.17) is 18.5 Å². The number of rotatable bonds is 46. The van der Waals surface area contributed by atoms with E-state index in [9.17, 15) is 19.0 Å². The number of unbranched alkanes of at least 4 members (excludes halogenated alkanes) is 30. The van der Waals surface area contributed by atoms with E-state index < -0.39 is 26.5 Å². The van der Waals surface area contributed by atoms with Gasteiger partial charge in [0.1, 0.15) is 19.8 Å². The summed E-state index contributed by atoms with van der Waals surface area (Å²) in [6.45, 7) is 4.44. The third-order valence-corrected chi connectivity index (χ3v) is 12.0. The van der Waals surface area contributed by atoms with Crippen molar-refractivity contribution in [3.8, 4) is 0 Å². The molecular weight excluding hydrogens is 762 g/mol. The summed E-state index contributed by atoms with van der Waals surface area (Å²) in [5.41, 5.74) is 0. The predicted molar refractivity (Wildman–Crippen MR) is 248 cm³/mol. The molecule has 0 fully saturated rings. The molecule has 1 unspecified atom stereocenters. The largest absolute Gasteiger partial charge is 0.472 e. The Morgan fingerprint density at radius 1 is 0.508 bits per heavy atom. The van der Waals surface area contributed by atoms with Crippen LogP contribution in [0.25, 0.3) is 0 Å². The van der Waals surface area contributed by atoms with Gasteiger partial charge in [-0.1, -0.05) is 199 Å². The number of allylic oxidation sites excluding steroid dienone is 2. The van der Waals surface area contributed by atoms with E-state index in [-0.39, 0.29) is 25.6 Å². The van der Waals surface area contributed by atoms with E-state index in [1.807, 2.05) is 21.1 Å². The molecule has 0 aromatic rings. The molecule has 0 heterocycles. The van der Waals surface area contributed by atoms with Crippen molar-refractivity contribution in [3.63, 3.8) is 0 Å². The standard InChI is InChI=1S/C49H96NO8P/c1-6-8-10-12-14-16-18-20-21-22-23-24-25-26-27-28-30-31-33-35-37-39-41-48(51)55-45-47(46-57-59(53,54)56-44-43-50(3,4)5)58-49(52)42-40-38-36-34-32-29-19-17-15-13-11-9-7-2/h29,32,47H,6-28,30-31,33-46H2,1-5H3/p+1/b32-29+/t47-/m1/s1. The maximum Gasteiger partial charge on any atom is 0.472 e. The van der Waals surface area contributed by atoms with Crippen LogP contribution in [-0.4, -0.2) is 74.9 Å². The molecule has 0 saturated carbocycles. The molecule has 0 amide bonds. The summed E-state index contributed by atoms with van der Waals surface area (Å²) in [5.74, 6) is -0.804. The van der Waals surface area contributed by atoms with Crippen LogP contribution in [0.3, 0.4) is 0 Å². The van der Waals surface area contributed by atoms with Gasteiger partial charge in [0, 0.05) is 12.8 Å². The van der Waals surface area contributed by atoms with Crippen LogP contribution in [0.1, 0.15) is 239 Å². The lowest BCUT2D eigenvalue weighted by Gasteiger charge is -2.24. The Hall–Kier alpha value is -1.25. The Balaban J connectivity index is 4.18. The number of esters is 2. The van der Waals surface area contributed by atoms with Gasteiger partial charge in [0.2, 0.25) is 0 Å². The van der Waals surface area contributed by atoms with E-state index in [2.05, 4.69) is 26.0 Å². The van der Waals surface area contributed by atoms with Gasteiger partial charge in [-0.3, -0.25) is 18.6 Å². The van der Waals surface area contributed by atoms with Gasteiger partial charge in [-0.05, 0) is 38.5 Å². The molecule has 350 valence electrons. The fourth-order valence-corrected chi connectivity index (χ4v) is 7.87. The summed E-state index contributed by atoms with van der Waals surface area (Å²) in [6.07, 6.45) is 45.6. The highest BCUT2D eigenvalue weighted by molar-refractivity contribution is 7.47. The first kappa shape index (κ1) is 57.8. The zero-order valence-corrected chi connectivity index (χ0v) is 40.4. The molecule has 0 radical (unpaired) electrons. The van der Waals surface area contributed by atoms with Crippen molar-refractivity contribution in [2.75, 3.05) is 47.5 Å². The molecule has 0 spiro atoms. The summed E-state index contributed by atoms with van der Waals surface area (Å²) in [4.78, 5) is 35.4. The lowest BCUT2D eigenvalue weighted by molar-refractivity contribution is -0.870. The number of ether oxygens (including phenoxy) is 2. The number of hydrogen-bond acceptors (Lipinski definition) is 7. The van der Waals surface area contributed by atoms with Crippen LogP contribution in [0.5, 0.6) is 0 Å². The minimum absolute atomic E-state index is 0.0322. The SMILES string of the molecule is CCCCCCCC/C=C/CCCCCC(=O)O[C@H](COC(=O)CCCCCCCCCCCCCCCCCCCCCCCC)COP(=O)(O)OCC[N+](C)(C)C. The molecule has 0 bridgehead atoms. The van der Waals surface area contributed by atoms with Crippen molar-refractivity contribution in [3.05, 3.63) is 12.2 Å². The Morgan fingerprint density at radius 3 is 1.27 bits per heavy atom. The van der Waals surface area contributed by atoms with Crippen LogP contribution in [0.4, 0.5) is 0 Å². The number of carbonyl (C=O) groups is 2. The second kappa shape index (κ2) is 42.1. The smallest absolute Gasteiger partial charge is 0.462 e. The number of phosphoric acid groups is 1. The molecule has 0 aromatic carbocycles. The quantitative estimate of drug-likeness (QED) is 0.0212. The Morgan fingerprint density at radius 2 is 0.864 bits per heavy atom. The van der Waals surface area contributed by atoms with Crippen molar-refractivity contribution in [2.45, 2.75) is 245 Å². The normalized spacial score (nSPS) is 13.5. The fraction of sp³-hybridized carbons (Fsp3) is 0.918. The Bertz CT molecular complexity index is 1020. The van der Waals surface area contributed by atoms with Crippen molar-refractivity contribution in [1.29, 1.82) is 0 Å². The minimum Gasteiger partial charge on any atom is -0.462 e. The second-order valence-electron chi connectivity index (χ2n) is 18.2.